The molecule has 4 aromatic rings. The summed E-state index contributed by atoms with van der Waals surface area (Å²) in [7, 11) is 5.62. The fraction of sp³-hybridized carbons (Fsp3) is 0.0909. The summed E-state index contributed by atoms with van der Waals surface area (Å²) in [5.74, 6) is 0.456. The van der Waals surface area contributed by atoms with Crippen LogP contribution in [0, 0.1) is 0 Å². The molecule has 7 heteroatoms. The van der Waals surface area contributed by atoms with E-state index < -0.39 is 21.8 Å². The van der Waals surface area contributed by atoms with E-state index in [1.807, 2.05) is 30.3 Å². The van der Waals surface area contributed by atoms with E-state index in [2.05, 4.69) is 0 Å². The summed E-state index contributed by atoms with van der Waals surface area (Å²) in [6, 6.07) is 17.7. The molecule has 0 bridgehead atoms. The quantitative estimate of drug-likeness (QED) is 0.326. The van der Waals surface area contributed by atoms with Gasteiger partial charge in [0.1, 0.15) is 15.8 Å². The normalized spacial score (nSPS) is 13.0. The summed E-state index contributed by atoms with van der Waals surface area (Å²) in [4.78, 5) is 0.371. The Morgan fingerprint density at radius 1 is 0.862 bits per heavy atom. The lowest BCUT2D eigenvalue weighted by Crippen LogP contribution is -2.04. The molecule has 0 saturated carbocycles. The smallest absolute Gasteiger partial charge is 0.416 e. The number of methoxy groups -OCH3 is 1. The molecule has 0 amide bonds. The first kappa shape index (κ1) is 19.7. The van der Waals surface area contributed by atoms with E-state index in [9.17, 15) is 17.4 Å². The zero-order valence-corrected chi connectivity index (χ0v) is 16.7. The molecule has 0 saturated heterocycles. The van der Waals surface area contributed by atoms with E-state index in [-0.39, 0.29) is 0 Å². The summed E-state index contributed by atoms with van der Waals surface area (Å²) in [5, 5.41) is 2.62. The molecule has 0 aliphatic carbocycles. The molecule has 4 rings (SSSR count). The average molecular weight is 435 g/mol. The van der Waals surface area contributed by atoms with Crippen LogP contribution in [0.25, 0.3) is 32.7 Å². The van der Waals surface area contributed by atoms with Gasteiger partial charge in [-0.1, -0.05) is 42.5 Å². The monoisotopic (exact) mass is 434 g/mol. The van der Waals surface area contributed by atoms with Crippen LogP contribution in [0.15, 0.2) is 71.6 Å². The van der Waals surface area contributed by atoms with E-state index in [1.54, 1.807) is 18.2 Å². The number of fused-ring (bicyclic) bond motifs is 2. The van der Waals surface area contributed by atoms with Gasteiger partial charge in [0.05, 0.1) is 17.6 Å². The first-order valence-electron chi connectivity index (χ1n) is 8.59. The topological polar surface area (TPSA) is 26.3 Å². The van der Waals surface area contributed by atoms with Crippen molar-refractivity contribution in [2.75, 3.05) is 7.11 Å². The van der Waals surface area contributed by atoms with Crippen molar-refractivity contribution in [1.82, 2.24) is 0 Å². The third-order valence-corrected chi connectivity index (χ3v) is 6.03. The largest absolute Gasteiger partial charge is 0.496 e. The minimum absolute atomic E-state index is 0.371. The van der Waals surface area contributed by atoms with E-state index in [1.165, 1.54) is 13.2 Å². The highest BCUT2D eigenvalue weighted by atomic mass is 35.7. The Morgan fingerprint density at radius 2 is 1.55 bits per heavy atom. The first-order valence-corrected chi connectivity index (χ1v) is 10.6. The van der Waals surface area contributed by atoms with Crippen LogP contribution in [-0.2, 0) is 16.2 Å². The second-order valence-corrected chi connectivity index (χ2v) is 8.19. The van der Waals surface area contributed by atoms with E-state index in [0.717, 1.165) is 22.9 Å². The summed E-state index contributed by atoms with van der Waals surface area (Å²) in [6.45, 7) is 0. The molecule has 0 radical (unpaired) electrons. The molecule has 1 unspecified atom stereocenters. The second kappa shape index (κ2) is 7.35. The molecule has 0 aromatic heterocycles. The SMILES string of the molecule is COc1ccc2cc(C(F)(F)F)ccc2c1-c1c(S(=O)Cl)ccc2ccccc12. The van der Waals surface area contributed by atoms with Gasteiger partial charge in [-0.15, -0.1) is 0 Å². The van der Waals surface area contributed by atoms with Crippen molar-refractivity contribution in [3.05, 3.63) is 72.3 Å². The lowest BCUT2D eigenvalue weighted by Gasteiger charge is -2.18. The zero-order chi connectivity index (χ0) is 20.8. The number of hydrogen-bond donors (Lipinski definition) is 0. The number of halogens is 4. The predicted octanol–water partition coefficient (Wildman–Crippen LogP) is 6.95. The van der Waals surface area contributed by atoms with Gasteiger partial charge >= 0.3 is 6.18 Å². The third kappa shape index (κ3) is 3.47. The Balaban J connectivity index is 2.16. The molecular formula is C22H14ClF3O2S. The molecule has 0 aliphatic rings. The van der Waals surface area contributed by atoms with Crippen LogP contribution in [0.4, 0.5) is 13.2 Å². The summed E-state index contributed by atoms with van der Waals surface area (Å²) in [6.07, 6.45) is -4.45. The zero-order valence-electron chi connectivity index (χ0n) is 15.1. The highest BCUT2D eigenvalue weighted by Crippen LogP contribution is 2.44. The van der Waals surface area contributed by atoms with Crippen molar-refractivity contribution in [2.24, 2.45) is 0 Å². The highest BCUT2D eigenvalue weighted by Gasteiger charge is 2.31. The number of ether oxygens (including phenoxy) is 1. The molecule has 0 spiro atoms. The third-order valence-electron chi connectivity index (χ3n) is 4.84. The molecule has 4 aromatic carbocycles. The van der Waals surface area contributed by atoms with Gasteiger partial charge < -0.3 is 4.74 Å². The average Bonchev–Trinajstić information content (AvgIpc) is 2.70. The van der Waals surface area contributed by atoms with Crippen LogP contribution in [0.2, 0.25) is 0 Å². The van der Waals surface area contributed by atoms with Gasteiger partial charge in [-0.2, -0.15) is 13.2 Å². The Hall–Kier alpha value is -2.57. The Morgan fingerprint density at radius 3 is 2.24 bits per heavy atom. The molecule has 0 N–H and O–H groups in total. The van der Waals surface area contributed by atoms with Crippen molar-refractivity contribution in [1.29, 1.82) is 0 Å². The maximum absolute atomic E-state index is 13.2. The maximum atomic E-state index is 13.2. The second-order valence-electron chi connectivity index (χ2n) is 6.46. The fourth-order valence-corrected chi connectivity index (χ4v) is 4.49. The first-order chi connectivity index (χ1) is 13.8. The van der Waals surface area contributed by atoms with Crippen LogP contribution in [0.1, 0.15) is 5.56 Å². The van der Waals surface area contributed by atoms with Crippen LogP contribution < -0.4 is 4.74 Å². The Kier molecular flexibility index (Phi) is 5.00. The van der Waals surface area contributed by atoms with Crippen LogP contribution in [-0.4, -0.2) is 11.3 Å². The summed E-state index contributed by atoms with van der Waals surface area (Å²) >= 11 is 0. The lowest BCUT2D eigenvalue weighted by molar-refractivity contribution is -0.137. The van der Waals surface area contributed by atoms with Gasteiger partial charge in [0.25, 0.3) is 0 Å². The minimum atomic E-state index is -4.45. The minimum Gasteiger partial charge on any atom is -0.496 e. The summed E-state index contributed by atoms with van der Waals surface area (Å²) < 4.78 is 57.4. The van der Waals surface area contributed by atoms with E-state index in [4.69, 9.17) is 15.4 Å². The van der Waals surface area contributed by atoms with Gasteiger partial charge in [0.2, 0.25) is 0 Å². The highest BCUT2D eigenvalue weighted by molar-refractivity contribution is 8.08. The van der Waals surface area contributed by atoms with Crippen molar-refractivity contribution in [3.63, 3.8) is 0 Å². The number of rotatable bonds is 3. The van der Waals surface area contributed by atoms with Crippen LogP contribution in [0.3, 0.4) is 0 Å². The van der Waals surface area contributed by atoms with Crippen LogP contribution >= 0.6 is 10.7 Å². The van der Waals surface area contributed by atoms with Gasteiger partial charge in [0.15, 0.2) is 0 Å². The predicted molar refractivity (Wildman–Crippen MR) is 111 cm³/mol. The lowest BCUT2D eigenvalue weighted by atomic mass is 9.92. The van der Waals surface area contributed by atoms with Crippen molar-refractivity contribution in [3.8, 4) is 16.9 Å². The van der Waals surface area contributed by atoms with Gasteiger partial charge in [-0.25, -0.2) is 4.21 Å². The molecule has 0 aliphatic heterocycles. The number of benzene rings is 4. The molecule has 29 heavy (non-hydrogen) atoms. The van der Waals surface area contributed by atoms with Gasteiger partial charge in [-0.3, -0.25) is 0 Å². The van der Waals surface area contributed by atoms with Crippen LogP contribution in [0.5, 0.6) is 5.75 Å². The number of hydrogen-bond acceptors (Lipinski definition) is 2. The van der Waals surface area contributed by atoms with Crippen molar-refractivity contribution >= 4 is 42.2 Å². The molecule has 2 nitrogen and oxygen atoms in total. The molecular weight excluding hydrogens is 421 g/mol. The van der Waals surface area contributed by atoms with E-state index in [0.29, 0.717) is 32.5 Å². The molecule has 0 fully saturated rings. The molecule has 148 valence electrons. The Labute approximate surface area is 171 Å². The fourth-order valence-electron chi connectivity index (χ4n) is 3.56. The molecule has 0 heterocycles. The van der Waals surface area contributed by atoms with E-state index >= 15 is 0 Å². The maximum Gasteiger partial charge on any atom is 0.416 e. The molecule has 1 atom stereocenters. The summed E-state index contributed by atoms with van der Waals surface area (Å²) in [5.41, 5.74) is 0.401. The van der Waals surface area contributed by atoms with Gasteiger partial charge in [-0.05, 0) is 56.5 Å². The number of alkyl halides is 3. The van der Waals surface area contributed by atoms with Crippen molar-refractivity contribution in [2.45, 2.75) is 11.1 Å². The standard InChI is InChI=1S/C22H14ClF3O2S/c1-28-18-10-6-14-12-15(22(24,25)26)8-9-17(14)20(18)21-16-5-3-2-4-13(16)7-11-19(21)29(23)27/h2-12H,1H3. The van der Waals surface area contributed by atoms with Crippen molar-refractivity contribution < 1.29 is 22.1 Å². The van der Waals surface area contributed by atoms with Gasteiger partial charge in [0, 0.05) is 11.1 Å². The Bertz CT molecular complexity index is 1270.